The minimum atomic E-state index is -0.516. The van der Waals surface area contributed by atoms with Crippen LogP contribution in [0.4, 0.5) is 0 Å². The smallest absolute Gasteiger partial charge is 0.258 e. The molecule has 5 nitrogen and oxygen atoms in total. The molecular formula is C15H17N3O2. The van der Waals surface area contributed by atoms with Crippen molar-refractivity contribution in [3.8, 4) is 0 Å². The fourth-order valence-corrected chi connectivity index (χ4v) is 2.69. The Labute approximate surface area is 116 Å². The number of primary amides is 1. The van der Waals surface area contributed by atoms with Gasteiger partial charge in [0, 0.05) is 10.9 Å². The van der Waals surface area contributed by atoms with Crippen LogP contribution in [0.15, 0.2) is 23.4 Å². The van der Waals surface area contributed by atoms with E-state index in [2.05, 4.69) is 35.3 Å². The van der Waals surface area contributed by atoms with Crippen molar-refractivity contribution < 1.29 is 9.63 Å². The molecule has 2 aromatic rings. The van der Waals surface area contributed by atoms with E-state index in [1.165, 1.54) is 16.5 Å². The predicted molar refractivity (Wildman–Crippen MR) is 77.7 cm³/mol. The van der Waals surface area contributed by atoms with Crippen LogP contribution in [0.1, 0.15) is 29.7 Å². The number of aromatic nitrogens is 1. The standard InChI is InChI=1S/C15H17N3O2/c1-9-5-6-12-11(7-9)10-3-2-4-13(15(10)17-12)18-20-8-14(16)19/h5-7,17H,2-4,8H2,1H3,(H2,16,19)/b18-13-. The average molecular weight is 271 g/mol. The molecule has 1 aliphatic carbocycles. The number of oxime groups is 1. The quantitative estimate of drug-likeness (QED) is 0.837. The number of fused-ring (bicyclic) bond motifs is 3. The average Bonchev–Trinajstić information content (AvgIpc) is 2.77. The molecule has 1 heterocycles. The SMILES string of the molecule is Cc1ccc2[nH]c3c(c2c1)CCC/C3=N/OCC(N)=O. The molecule has 1 aromatic carbocycles. The van der Waals surface area contributed by atoms with E-state index in [-0.39, 0.29) is 6.61 Å². The van der Waals surface area contributed by atoms with Crippen LogP contribution in [-0.2, 0) is 16.1 Å². The number of aryl methyl sites for hydroxylation is 2. The maximum absolute atomic E-state index is 10.7. The molecule has 0 bridgehead atoms. The Bertz CT molecular complexity index is 700. The second-order valence-electron chi connectivity index (χ2n) is 5.16. The van der Waals surface area contributed by atoms with Crippen LogP contribution < -0.4 is 5.73 Å². The van der Waals surface area contributed by atoms with Crippen LogP contribution >= 0.6 is 0 Å². The first-order valence-corrected chi connectivity index (χ1v) is 6.74. The molecule has 0 spiro atoms. The number of aromatic amines is 1. The van der Waals surface area contributed by atoms with E-state index in [4.69, 9.17) is 10.6 Å². The van der Waals surface area contributed by atoms with Crippen LogP contribution in [0.25, 0.3) is 10.9 Å². The first-order chi connectivity index (χ1) is 9.65. The number of benzene rings is 1. The Hall–Kier alpha value is -2.30. The maximum Gasteiger partial charge on any atom is 0.258 e. The molecule has 1 aliphatic rings. The number of amides is 1. The zero-order chi connectivity index (χ0) is 14.1. The highest BCUT2D eigenvalue weighted by Crippen LogP contribution is 2.30. The lowest BCUT2D eigenvalue weighted by atomic mass is 9.94. The number of nitrogens with zero attached hydrogens (tertiary/aromatic N) is 1. The monoisotopic (exact) mass is 271 g/mol. The summed E-state index contributed by atoms with van der Waals surface area (Å²) in [7, 11) is 0. The fraction of sp³-hybridized carbons (Fsp3) is 0.333. The molecule has 5 heteroatoms. The molecule has 0 radical (unpaired) electrons. The summed E-state index contributed by atoms with van der Waals surface area (Å²) < 4.78 is 0. The summed E-state index contributed by atoms with van der Waals surface area (Å²) in [5.41, 5.74) is 10.6. The van der Waals surface area contributed by atoms with Gasteiger partial charge in [0.25, 0.3) is 5.91 Å². The van der Waals surface area contributed by atoms with Gasteiger partial charge in [0.05, 0.1) is 5.69 Å². The van der Waals surface area contributed by atoms with Crippen molar-refractivity contribution in [1.29, 1.82) is 0 Å². The molecule has 1 amide bonds. The van der Waals surface area contributed by atoms with Gasteiger partial charge in [-0.2, -0.15) is 0 Å². The van der Waals surface area contributed by atoms with E-state index in [1.807, 2.05) is 0 Å². The number of nitrogens with one attached hydrogen (secondary N) is 1. The van der Waals surface area contributed by atoms with Gasteiger partial charge in [-0.25, -0.2) is 0 Å². The lowest BCUT2D eigenvalue weighted by molar-refractivity contribution is -0.122. The molecule has 0 atom stereocenters. The van der Waals surface area contributed by atoms with Crippen molar-refractivity contribution in [3.63, 3.8) is 0 Å². The zero-order valence-corrected chi connectivity index (χ0v) is 11.4. The number of carbonyl (C=O) groups is 1. The van der Waals surface area contributed by atoms with E-state index in [0.29, 0.717) is 0 Å². The molecule has 0 saturated heterocycles. The number of carbonyl (C=O) groups excluding carboxylic acids is 1. The van der Waals surface area contributed by atoms with Gasteiger partial charge in [0.2, 0.25) is 0 Å². The molecule has 1 aromatic heterocycles. The second-order valence-corrected chi connectivity index (χ2v) is 5.16. The van der Waals surface area contributed by atoms with Crippen molar-refractivity contribution in [2.75, 3.05) is 6.61 Å². The Morgan fingerprint density at radius 2 is 2.30 bits per heavy atom. The maximum atomic E-state index is 10.7. The third kappa shape index (κ3) is 2.27. The number of hydrogen-bond donors (Lipinski definition) is 2. The van der Waals surface area contributed by atoms with E-state index >= 15 is 0 Å². The molecule has 3 N–H and O–H groups in total. The predicted octanol–water partition coefficient (Wildman–Crippen LogP) is 2.02. The van der Waals surface area contributed by atoms with Gasteiger partial charge in [-0.05, 0) is 43.9 Å². The van der Waals surface area contributed by atoms with E-state index < -0.39 is 5.91 Å². The van der Waals surface area contributed by atoms with E-state index in [0.717, 1.165) is 36.2 Å². The number of nitrogens with two attached hydrogens (primary N) is 1. The van der Waals surface area contributed by atoms with Gasteiger partial charge in [-0.1, -0.05) is 16.8 Å². The highest BCUT2D eigenvalue weighted by molar-refractivity contribution is 6.06. The highest BCUT2D eigenvalue weighted by atomic mass is 16.6. The number of hydrogen-bond acceptors (Lipinski definition) is 3. The Morgan fingerprint density at radius 1 is 1.45 bits per heavy atom. The minimum Gasteiger partial charge on any atom is -0.385 e. The molecule has 104 valence electrons. The summed E-state index contributed by atoms with van der Waals surface area (Å²) in [6.07, 6.45) is 2.91. The summed E-state index contributed by atoms with van der Waals surface area (Å²) in [5.74, 6) is -0.516. The van der Waals surface area contributed by atoms with Gasteiger partial charge >= 0.3 is 0 Å². The van der Waals surface area contributed by atoms with Crippen LogP contribution in [-0.4, -0.2) is 23.2 Å². The van der Waals surface area contributed by atoms with Crippen molar-refractivity contribution in [3.05, 3.63) is 35.0 Å². The molecular weight excluding hydrogens is 254 g/mol. The first-order valence-electron chi connectivity index (χ1n) is 6.74. The van der Waals surface area contributed by atoms with E-state index in [9.17, 15) is 4.79 Å². The summed E-state index contributed by atoms with van der Waals surface area (Å²) >= 11 is 0. The number of rotatable bonds is 3. The largest absolute Gasteiger partial charge is 0.385 e. The summed E-state index contributed by atoms with van der Waals surface area (Å²) in [6, 6.07) is 6.37. The highest BCUT2D eigenvalue weighted by Gasteiger charge is 2.21. The topological polar surface area (TPSA) is 80.5 Å². The number of H-pyrrole nitrogens is 1. The lowest BCUT2D eigenvalue weighted by Gasteiger charge is -2.13. The van der Waals surface area contributed by atoms with Gasteiger partial charge in [-0.15, -0.1) is 0 Å². The summed E-state index contributed by atoms with van der Waals surface area (Å²) in [6.45, 7) is 1.91. The molecule has 0 unspecified atom stereocenters. The molecule has 0 fully saturated rings. The van der Waals surface area contributed by atoms with Crippen molar-refractivity contribution in [2.45, 2.75) is 26.2 Å². The van der Waals surface area contributed by atoms with Crippen LogP contribution in [0.3, 0.4) is 0 Å². The van der Waals surface area contributed by atoms with Gasteiger partial charge in [-0.3, -0.25) is 4.79 Å². The van der Waals surface area contributed by atoms with Crippen LogP contribution in [0.2, 0.25) is 0 Å². The molecule has 0 saturated carbocycles. The summed E-state index contributed by atoms with van der Waals surface area (Å²) in [5, 5.41) is 5.32. The van der Waals surface area contributed by atoms with Crippen LogP contribution in [0, 0.1) is 6.92 Å². The second kappa shape index (κ2) is 5.00. The van der Waals surface area contributed by atoms with Crippen molar-refractivity contribution in [1.82, 2.24) is 4.98 Å². The fourth-order valence-electron chi connectivity index (χ4n) is 2.69. The summed E-state index contributed by atoms with van der Waals surface area (Å²) in [4.78, 5) is 19.1. The molecule has 3 rings (SSSR count). The van der Waals surface area contributed by atoms with Gasteiger partial charge < -0.3 is 15.6 Å². The zero-order valence-electron chi connectivity index (χ0n) is 11.4. The molecule has 0 aliphatic heterocycles. The third-order valence-corrected chi connectivity index (χ3v) is 3.57. The molecule has 20 heavy (non-hydrogen) atoms. The lowest BCUT2D eigenvalue weighted by Crippen LogP contribution is -2.18. The van der Waals surface area contributed by atoms with E-state index in [1.54, 1.807) is 0 Å². The Balaban J connectivity index is 2.00. The normalized spacial score (nSPS) is 16.4. The Kier molecular flexibility index (Phi) is 3.18. The van der Waals surface area contributed by atoms with Gasteiger partial charge in [0.1, 0.15) is 5.71 Å². The first kappa shape index (κ1) is 12.7. The van der Waals surface area contributed by atoms with Crippen molar-refractivity contribution >= 4 is 22.5 Å². The third-order valence-electron chi connectivity index (χ3n) is 3.57. The Morgan fingerprint density at radius 3 is 3.10 bits per heavy atom. The van der Waals surface area contributed by atoms with Crippen molar-refractivity contribution in [2.24, 2.45) is 10.9 Å². The van der Waals surface area contributed by atoms with Crippen LogP contribution in [0.5, 0.6) is 0 Å². The minimum absolute atomic E-state index is 0.182. The van der Waals surface area contributed by atoms with Gasteiger partial charge in [0.15, 0.2) is 6.61 Å².